The minimum Gasteiger partial charge on any atom is -0.206 e. The van der Waals surface area contributed by atoms with E-state index in [0.717, 1.165) is 37.0 Å². The molecule has 0 saturated heterocycles. The van der Waals surface area contributed by atoms with Crippen LogP contribution in [0, 0.1) is 5.92 Å². The molecular weight excluding hydrogens is 326 g/mol. The Bertz CT molecular complexity index is 548. The van der Waals surface area contributed by atoms with Gasteiger partial charge in [-0.25, -0.2) is 8.42 Å². The van der Waals surface area contributed by atoms with Gasteiger partial charge in [-0.3, -0.25) is 0 Å². The molecule has 3 nitrogen and oxygen atoms in total. The predicted molar refractivity (Wildman–Crippen MR) is 89.5 cm³/mol. The number of hydrogen-bond acceptors (Lipinski definition) is 3. The zero-order valence-electron chi connectivity index (χ0n) is 12.7. The van der Waals surface area contributed by atoms with E-state index < -0.39 is 10.0 Å². The summed E-state index contributed by atoms with van der Waals surface area (Å²) in [6, 6.07) is 3.70. The maximum atomic E-state index is 13.0. The Kier molecular flexibility index (Phi) is 6.12. The third-order valence-corrected chi connectivity index (χ3v) is 7.94. The van der Waals surface area contributed by atoms with Gasteiger partial charge in [0.15, 0.2) is 0 Å². The SMILES string of the molecule is CC(C)CCN(C1CCCC1)S(=O)(=O)c1ccc(CCl)s1. The van der Waals surface area contributed by atoms with Crippen LogP contribution in [0.15, 0.2) is 16.3 Å². The monoisotopic (exact) mass is 349 g/mol. The van der Waals surface area contributed by atoms with Gasteiger partial charge in [0, 0.05) is 17.5 Å². The van der Waals surface area contributed by atoms with E-state index in [2.05, 4.69) is 13.8 Å². The molecule has 1 saturated carbocycles. The van der Waals surface area contributed by atoms with Gasteiger partial charge in [-0.2, -0.15) is 4.31 Å². The Morgan fingerprint density at radius 1 is 1.33 bits per heavy atom. The van der Waals surface area contributed by atoms with Crippen molar-refractivity contribution in [1.82, 2.24) is 4.31 Å². The van der Waals surface area contributed by atoms with Gasteiger partial charge < -0.3 is 0 Å². The van der Waals surface area contributed by atoms with Crippen LogP contribution in [0.4, 0.5) is 0 Å². The van der Waals surface area contributed by atoms with E-state index in [1.54, 1.807) is 10.4 Å². The lowest BCUT2D eigenvalue weighted by Gasteiger charge is -2.28. The van der Waals surface area contributed by atoms with Gasteiger partial charge in [0.2, 0.25) is 0 Å². The topological polar surface area (TPSA) is 37.4 Å². The highest BCUT2D eigenvalue weighted by Crippen LogP contribution is 2.32. The van der Waals surface area contributed by atoms with Crippen LogP contribution in [-0.4, -0.2) is 25.3 Å². The Labute approximate surface area is 137 Å². The molecule has 0 aliphatic heterocycles. The first-order valence-corrected chi connectivity index (χ1v) is 10.4. The fraction of sp³-hybridized carbons (Fsp3) is 0.733. The molecule has 0 N–H and O–H groups in total. The first-order chi connectivity index (χ1) is 9.95. The average Bonchev–Trinajstić information content (AvgIpc) is 3.09. The normalized spacial score (nSPS) is 17.2. The number of alkyl halides is 1. The van der Waals surface area contributed by atoms with E-state index in [-0.39, 0.29) is 6.04 Å². The van der Waals surface area contributed by atoms with Crippen LogP contribution < -0.4 is 0 Å². The van der Waals surface area contributed by atoms with Crippen molar-refractivity contribution in [3.8, 4) is 0 Å². The van der Waals surface area contributed by atoms with Crippen LogP contribution in [-0.2, 0) is 15.9 Å². The van der Waals surface area contributed by atoms with Gasteiger partial charge in [-0.1, -0.05) is 26.7 Å². The molecule has 1 aromatic rings. The first-order valence-electron chi connectivity index (χ1n) is 7.61. The Morgan fingerprint density at radius 3 is 2.52 bits per heavy atom. The summed E-state index contributed by atoms with van der Waals surface area (Å²) in [4.78, 5) is 0.908. The van der Waals surface area contributed by atoms with Gasteiger partial charge in [0.1, 0.15) is 4.21 Å². The average molecular weight is 350 g/mol. The molecule has 0 unspecified atom stereocenters. The Hall–Kier alpha value is -0.100. The number of rotatable bonds is 7. The summed E-state index contributed by atoms with van der Waals surface area (Å²) in [6.07, 6.45) is 5.16. The molecule has 1 aromatic heterocycles. The van der Waals surface area contributed by atoms with Crippen LogP contribution in [0.1, 0.15) is 50.8 Å². The van der Waals surface area contributed by atoms with Crippen molar-refractivity contribution in [2.45, 2.75) is 62.1 Å². The molecule has 0 bridgehead atoms. The Balaban J connectivity index is 2.24. The largest absolute Gasteiger partial charge is 0.252 e. The van der Waals surface area contributed by atoms with Crippen LogP contribution in [0.2, 0.25) is 0 Å². The summed E-state index contributed by atoms with van der Waals surface area (Å²) in [5, 5.41) is 0. The van der Waals surface area contributed by atoms with Crippen LogP contribution in [0.5, 0.6) is 0 Å². The van der Waals surface area contributed by atoms with E-state index in [0.29, 0.717) is 22.6 Å². The van der Waals surface area contributed by atoms with Crippen LogP contribution in [0.25, 0.3) is 0 Å². The van der Waals surface area contributed by atoms with Gasteiger partial charge in [0.05, 0.1) is 5.88 Å². The third-order valence-electron chi connectivity index (χ3n) is 3.99. The van der Waals surface area contributed by atoms with Crippen molar-refractivity contribution in [2.24, 2.45) is 5.92 Å². The minimum atomic E-state index is -3.38. The third kappa shape index (κ3) is 4.21. The molecule has 120 valence electrons. The lowest BCUT2D eigenvalue weighted by atomic mass is 10.1. The van der Waals surface area contributed by atoms with Gasteiger partial charge >= 0.3 is 0 Å². The van der Waals surface area contributed by atoms with E-state index in [1.807, 2.05) is 6.07 Å². The fourth-order valence-corrected chi connectivity index (χ4v) is 6.05. The standard InChI is InChI=1S/C15H24ClNO2S2/c1-12(2)9-10-17(13-5-3-4-6-13)21(18,19)15-8-7-14(11-16)20-15/h7-8,12-13H,3-6,9-11H2,1-2H3. The molecule has 1 aliphatic rings. The minimum absolute atomic E-state index is 0.176. The predicted octanol–water partition coefficient (Wildman–Crippen LogP) is 4.47. The van der Waals surface area contributed by atoms with Crippen LogP contribution >= 0.6 is 22.9 Å². The molecule has 0 aromatic carbocycles. The second-order valence-electron chi connectivity index (χ2n) is 6.09. The zero-order valence-corrected chi connectivity index (χ0v) is 15.1. The summed E-state index contributed by atoms with van der Waals surface area (Å²) in [6.45, 7) is 4.89. The number of nitrogens with zero attached hydrogens (tertiary/aromatic N) is 1. The lowest BCUT2D eigenvalue weighted by molar-refractivity contribution is 0.305. The smallest absolute Gasteiger partial charge is 0.206 e. The van der Waals surface area contributed by atoms with E-state index >= 15 is 0 Å². The summed E-state index contributed by atoms with van der Waals surface area (Å²) >= 11 is 7.10. The summed E-state index contributed by atoms with van der Waals surface area (Å²) in [7, 11) is -3.38. The summed E-state index contributed by atoms with van der Waals surface area (Å²) in [5.74, 6) is 0.876. The van der Waals surface area contributed by atoms with E-state index in [4.69, 9.17) is 11.6 Å². The van der Waals surface area contributed by atoms with Crippen molar-refractivity contribution in [3.63, 3.8) is 0 Å². The second-order valence-corrected chi connectivity index (χ2v) is 9.64. The molecule has 6 heteroatoms. The molecular formula is C15H24ClNO2S2. The number of sulfonamides is 1. The quantitative estimate of drug-likeness (QED) is 0.681. The second kappa shape index (κ2) is 7.44. The van der Waals surface area contributed by atoms with Crippen molar-refractivity contribution >= 4 is 33.0 Å². The van der Waals surface area contributed by atoms with Gasteiger partial charge in [-0.15, -0.1) is 22.9 Å². The summed E-state index contributed by atoms with van der Waals surface area (Å²) < 4.78 is 28.1. The van der Waals surface area contributed by atoms with Crippen molar-refractivity contribution in [1.29, 1.82) is 0 Å². The number of thiophene rings is 1. The van der Waals surface area contributed by atoms with Crippen molar-refractivity contribution in [2.75, 3.05) is 6.54 Å². The molecule has 0 atom stereocenters. The number of halogens is 1. The Morgan fingerprint density at radius 2 is 2.00 bits per heavy atom. The molecule has 1 aliphatic carbocycles. The van der Waals surface area contributed by atoms with E-state index in [9.17, 15) is 8.42 Å². The molecule has 1 fully saturated rings. The van der Waals surface area contributed by atoms with Crippen molar-refractivity contribution < 1.29 is 8.42 Å². The molecule has 0 spiro atoms. The zero-order chi connectivity index (χ0) is 15.5. The molecule has 0 radical (unpaired) electrons. The highest BCUT2D eigenvalue weighted by Gasteiger charge is 2.33. The fourth-order valence-electron chi connectivity index (χ4n) is 2.76. The number of hydrogen-bond donors (Lipinski definition) is 0. The highest BCUT2D eigenvalue weighted by molar-refractivity contribution is 7.91. The van der Waals surface area contributed by atoms with E-state index in [1.165, 1.54) is 11.3 Å². The lowest BCUT2D eigenvalue weighted by Crippen LogP contribution is -2.39. The maximum absolute atomic E-state index is 13.0. The van der Waals surface area contributed by atoms with Gasteiger partial charge in [0.25, 0.3) is 10.0 Å². The van der Waals surface area contributed by atoms with Crippen molar-refractivity contribution in [3.05, 3.63) is 17.0 Å². The first kappa shape index (κ1) is 17.3. The summed E-state index contributed by atoms with van der Waals surface area (Å²) in [5.41, 5.74) is 0. The highest BCUT2D eigenvalue weighted by atomic mass is 35.5. The van der Waals surface area contributed by atoms with Gasteiger partial charge in [-0.05, 0) is 37.3 Å². The molecule has 0 amide bonds. The van der Waals surface area contributed by atoms with Crippen LogP contribution in [0.3, 0.4) is 0 Å². The molecule has 21 heavy (non-hydrogen) atoms. The molecule has 1 heterocycles. The maximum Gasteiger partial charge on any atom is 0.252 e. The molecule has 2 rings (SSSR count).